The van der Waals surface area contributed by atoms with Crippen LogP contribution in [0, 0.1) is 0 Å². The van der Waals surface area contributed by atoms with E-state index in [1.54, 1.807) is 0 Å². The molecule has 0 atom stereocenters. The molecule has 1 aliphatic rings. The van der Waals surface area contributed by atoms with Crippen LogP contribution in [-0.4, -0.2) is 33.3 Å². The van der Waals surface area contributed by atoms with E-state index in [0.29, 0.717) is 17.0 Å². The van der Waals surface area contributed by atoms with Crippen LogP contribution in [0.2, 0.25) is 17.3 Å². The van der Waals surface area contributed by atoms with Gasteiger partial charge < -0.3 is 0 Å². The number of fused-ring (bicyclic) bond motifs is 3. The second-order valence-electron chi connectivity index (χ2n) is 18.5. The van der Waals surface area contributed by atoms with E-state index >= 15 is 0 Å². The third kappa shape index (κ3) is 5.98. The van der Waals surface area contributed by atoms with Crippen LogP contribution in [0.1, 0.15) is 78.0 Å². The summed E-state index contributed by atoms with van der Waals surface area (Å²) in [7, 11) is 0. The van der Waals surface area contributed by atoms with Crippen molar-refractivity contribution in [3.05, 3.63) is 114 Å². The van der Waals surface area contributed by atoms with Gasteiger partial charge in [-0.3, -0.25) is 0 Å². The third-order valence-corrected chi connectivity index (χ3v) is 15.2. The monoisotopic (exact) mass is 761 g/mol. The molecular formula is C47H49GeN3O2. The van der Waals surface area contributed by atoms with Gasteiger partial charge in [-0.25, -0.2) is 0 Å². The number of phenolic OH excluding ortho intramolecular Hbond substituents is 1. The van der Waals surface area contributed by atoms with E-state index in [-0.39, 0.29) is 16.6 Å². The standard InChI is InChI=1S/C47H49GeN3O2/c1-45(2,3)32-20-29(36-23-28(17-18-49-36)27-15-13-12-14-16-27)19-30(21-32)37-24-31-22-33(48(9,10)11)25-34-39(31)42(50-37)40-35(47(34,7)8)26-38-41(43(40)52)51-44(53-38)46(4,5)6/h12-26,52H,1-11H3. The molecule has 0 fully saturated rings. The van der Waals surface area contributed by atoms with Gasteiger partial charge in [0.05, 0.1) is 0 Å². The summed E-state index contributed by atoms with van der Waals surface area (Å²) in [5, 5.41) is 14.5. The fourth-order valence-electron chi connectivity index (χ4n) is 7.66. The molecule has 3 aromatic heterocycles. The maximum absolute atomic E-state index is 12.2. The van der Waals surface area contributed by atoms with Crippen LogP contribution >= 0.6 is 0 Å². The number of aromatic hydroxyl groups is 1. The van der Waals surface area contributed by atoms with Crippen molar-refractivity contribution >= 4 is 39.5 Å². The molecule has 0 radical (unpaired) electrons. The van der Waals surface area contributed by atoms with Crippen molar-refractivity contribution in [3.8, 4) is 50.6 Å². The predicted octanol–water partition coefficient (Wildman–Crippen LogP) is 11.9. The number of hydrogen-bond donors (Lipinski definition) is 1. The number of rotatable bonds is 4. The van der Waals surface area contributed by atoms with Crippen LogP contribution in [0.25, 0.3) is 66.8 Å². The summed E-state index contributed by atoms with van der Waals surface area (Å²) >= 11 is -2.32. The Morgan fingerprint density at radius 3 is 2.04 bits per heavy atom. The number of pyridine rings is 2. The first-order valence-corrected chi connectivity index (χ1v) is 26.0. The summed E-state index contributed by atoms with van der Waals surface area (Å²) in [6, 6.07) is 30.7. The van der Waals surface area contributed by atoms with E-state index < -0.39 is 18.7 Å². The van der Waals surface area contributed by atoms with Gasteiger partial charge in [0.2, 0.25) is 0 Å². The van der Waals surface area contributed by atoms with Crippen LogP contribution in [-0.2, 0) is 16.2 Å². The summed E-state index contributed by atoms with van der Waals surface area (Å²) in [6.07, 6.45) is 1.90. The second-order valence-corrected chi connectivity index (χ2v) is 29.1. The zero-order valence-corrected chi connectivity index (χ0v) is 35.0. The molecule has 0 unspecified atom stereocenters. The normalized spacial score (nSPS) is 14.2. The molecule has 1 aliphatic carbocycles. The Morgan fingerprint density at radius 2 is 1.38 bits per heavy atom. The van der Waals surface area contributed by atoms with E-state index in [1.807, 2.05) is 12.3 Å². The average molecular weight is 761 g/mol. The van der Waals surface area contributed by atoms with Crippen molar-refractivity contribution in [1.29, 1.82) is 0 Å². The first kappa shape index (κ1) is 35.3. The number of phenols is 1. The van der Waals surface area contributed by atoms with E-state index in [1.165, 1.54) is 15.5 Å². The van der Waals surface area contributed by atoms with Crippen molar-refractivity contribution in [2.24, 2.45) is 0 Å². The van der Waals surface area contributed by atoms with Crippen molar-refractivity contribution in [2.75, 3.05) is 0 Å². The molecule has 1 N–H and O–H groups in total. The fourth-order valence-corrected chi connectivity index (χ4v) is 10.1. The molecule has 8 rings (SSSR count). The van der Waals surface area contributed by atoms with E-state index in [0.717, 1.165) is 61.2 Å². The minimum absolute atomic E-state index is 0.120. The van der Waals surface area contributed by atoms with Gasteiger partial charge in [0.1, 0.15) is 0 Å². The van der Waals surface area contributed by atoms with Gasteiger partial charge in [0, 0.05) is 0 Å². The number of hydrogen-bond acceptors (Lipinski definition) is 5. The summed E-state index contributed by atoms with van der Waals surface area (Å²) in [5.41, 5.74) is 11.4. The van der Waals surface area contributed by atoms with Gasteiger partial charge in [-0.1, -0.05) is 30.3 Å². The Hall–Kier alpha value is -4.75. The zero-order valence-electron chi connectivity index (χ0n) is 32.9. The Morgan fingerprint density at radius 1 is 0.679 bits per heavy atom. The Kier molecular flexibility index (Phi) is 7.91. The molecule has 0 spiro atoms. The molecule has 0 saturated heterocycles. The molecule has 53 heavy (non-hydrogen) atoms. The molecule has 5 nitrogen and oxygen atoms in total. The van der Waals surface area contributed by atoms with Gasteiger partial charge in [-0.05, 0) is 0 Å². The number of aromatic nitrogens is 3. The Labute approximate surface area is 315 Å². The average Bonchev–Trinajstić information content (AvgIpc) is 3.56. The van der Waals surface area contributed by atoms with Crippen molar-refractivity contribution < 1.29 is 9.52 Å². The predicted molar refractivity (Wildman–Crippen MR) is 223 cm³/mol. The molecule has 7 aromatic rings. The van der Waals surface area contributed by atoms with Crippen LogP contribution < -0.4 is 4.40 Å². The first-order valence-electron chi connectivity index (χ1n) is 18.7. The molecule has 0 saturated carbocycles. The van der Waals surface area contributed by atoms with E-state index in [9.17, 15) is 5.11 Å². The second kappa shape index (κ2) is 11.9. The van der Waals surface area contributed by atoms with Gasteiger partial charge in [0.25, 0.3) is 0 Å². The number of oxazole rings is 1. The Bertz CT molecular complexity index is 2600. The van der Waals surface area contributed by atoms with E-state index in [2.05, 4.69) is 152 Å². The first-order chi connectivity index (χ1) is 24.8. The van der Waals surface area contributed by atoms with Crippen molar-refractivity contribution in [1.82, 2.24) is 15.0 Å². The van der Waals surface area contributed by atoms with Crippen LogP contribution in [0.4, 0.5) is 0 Å². The molecular weight excluding hydrogens is 711 g/mol. The summed E-state index contributed by atoms with van der Waals surface area (Å²) < 4.78 is 7.80. The topological polar surface area (TPSA) is 72.0 Å². The van der Waals surface area contributed by atoms with Crippen molar-refractivity contribution in [2.45, 2.75) is 88.9 Å². The fraction of sp³-hybridized carbons (Fsp3) is 0.298. The number of nitrogens with zero attached hydrogens (tertiary/aromatic N) is 3. The minimum atomic E-state index is -2.32. The molecule has 268 valence electrons. The molecule has 4 aromatic carbocycles. The van der Waals surface area contributed by atoms with Crippen LogP contribution in [0.15, 0.2) is 95.5 Å². The SMILES string of the molecule is CC(C)(C)c1cc(-c2cc(-c3ccccc3)ccn2)cc(-c2cc3c[c]([Ge]([CH3])([CH3])[CH3])cc4c3c(n2)-c2c(cc3oc(C(C)(C)C)nc3c2O)C4(C)C)c1. The molecule has 6 heteroatoms. The van der Waals surface area contributed by atoms with Crippen LogP contribution in [0.5, 0.6) is 5.75 Å². The van der Waals surface area contributed by atoms with Crippen LogP contribution in [0.3, 0.4) is 0 Å². The Balaban J connectivity index is 1.43. The maximum atomic E-state index is 12.2. The quantitative estimate of drug-likeness (QED) is 0.181. The third-order valence-electron chi connectivity index (χ3n) is 10.9. The van der Waals surface area contributed by atoms with Gasteiger partial charge in [-0.2, -0.15) is 0 Å². The molecule has 3 heterocycles. The van der Waals surface area contributed by atoms with Gasteiger partial charge in [-0.15, -0.1) is 0 Å². The number of benzene rings is 4. The van der Waals surface area contributed by atoms with Gasteiger partial charge >= 0.3 is 287 Å². The summed E-state index contributed by atoms with van der Waals surface area (Å²) in [5.74, 6) is 8.09. The van der Waals surface area contributed by atoms with E-state index in [4.69, 9.17) is 19.4 Å². The molecule has 0 amide bonds. The molecule has 0 bridgehead atoms. The summed E-state index contributed by atoms with van der Waals surface area (Å²) in [6.45, 7) is 17.5. The van der Waals surface area contributed by atoms with Gasteiger partial charge in [0.15, 0.2) is 0 Å². The van der Waals surface area contributed by atoms with Crippen molar-refractivity contribution in [3.63, 3.8) is 0 Å². The molecule has 0 aliphatic heterocycles. The summed E-state index contributed by atoms with van der Waals surface area (Å²) in [4.78, 5) is 15.3. The zero-order chi connectivity index (χ0) is 37.8.